The van der Waals surface area contributed by atoms with Gasteiger partial charge in [-0.25, -0.2) is 8.42 Å². The second kappa shape index (κ2) is 5.51. The summed E-state index contributed by atoms with van der Waals surface area (Å²) in [6, 6.07) is 4.41. The predicted molar refractivity (Wildman–Crippen MR) is 75.2 cm³/mol. The molecule has 1 aromatic carbocycles. The summed E-state index contributed by atoms with van der Waals surface area (Å²) in [6.45, 7) is 1.35. The average Bonchev–Trinajstić information content (AvgIpc) is 2.86. The van der Waals surface area contributed by atoms with Crippen LogP contribution in [0, 0.1) is 0 Å². The maximum absolute atomic E-state index is 12.0. The molecule has 1 aromatic heterocycles. The molecule has 0 bridgehead atoms. The summed E-state index contributed by atoms with van der Waals surface area (Å²) in [5.41, 5.74) is 0.690. The highest BCUT2D eigenvalue weighted by molar-refractivity contribution is 7.92. The molecule has 0 atom stereocenters. The Kier molecular flexibility index (Phi) is 3.96. The van der Waals surface area contributed by atoms with E-state index in [0.717, 1.165) is 0 Å². The van der Waals surface area contributed by atoms with Crippen molar-refractivity contribution in [1.82, 2.24) is 10.2 Å². The zero-order valence-corrected chi connectivity index (χ0v) is 11.9. The van der Waals surface area contributed by atoms with Gasteiger partial charge in [0.15, 0.2) is 0 Å². The average molecular weight is 315 g/mol. The number of hydrogen-bond donors (Lipinski definition) is 3. The summed E-state index contributed by atoms with van der Waals surface area (Å²) in [5, 5.41) is 8.75. The van der Waals surface area contributed by atoms with E-state index < -0.39 is 10.0 Å². The Hall–Kier alpha value is -2.06. The molecule has 0 aliphatic heterocycles. The molecule has 106 valence electrons. The third-order valence-corrected chi connectivity index (χ3v) is 3.98. The lowest BCUT2D eigenvalue weighted by atomic mass is 10.3. The number of aromatic nitrogens is 2. The fraction of sp³-hybridized carbons (Fsp3) is 0.0909. The Bertz CT molecular complexity index is 728. The number of hydrogen-bond acceptors (Lipinski definition) is 4. The highest BCUT2D eigenvalue weighted by Crippen LogP contribution is 2.26. The van der Waals surface area contributed by atoms with E-state index in [-0.39, 0.29) is 21.5 Å². The van der Waals surface area contributed by atoms with Crippen LogP contribution < -0.4 is 10.0 Å². The van der Waals surface area contributed by atoms with Crippen molar-refractivity contribution < 1.29 is 13.2 Å². The highest BCUT2D eigenvalue weighted by Gasteiger charge is 2.15. The monoisotopic (exact) mass is 314 g/mol. The first-order valence-electron chi connectivity index (χ1n) is 5.47. The first-order valence-corrected chi connectivity index (χ1v) is 7.33. The smallest absolute Gasteiger partial charge is 0.265 e. The van der Waals surface area contributed by atoms with Crippen LogP contribution in [0.2, 0.25) is 5.02 Å². The molecule has 0 spiro atoms. The summed E-state index contributed by atoms with van der Waals surface area (Å²) in [5.74, 6) is -0.265. The quantitative estimate of drug-likeness (QED) is 0.800. The molecule has 1 amide bonds. The standard InChI is InChI=1S/C11H11ClN4O3S/c1-7(17)15-11-3-2-8(4-10(11)12)16-20(18,19)9-5-13-14-6-9/h2-6,16H,1H3,(H,13,14)(H,15,17). The van der Waals surface area contributed by atoms with Gasteiger partial charge in [0, 0.05) is 13.1 Å². The lowest BCUT2D eigenvalue weighted by molar-refractivity contribution is -0.114. The Balaban J connectivity index is 2.23. The van der Waals surface area contributed by atoms with E-state index in [1.165, 1.54) is 37.5 Å². The number of aromatic amines is 1. The molecule has 0 unspecified atom stereocenters. The topological polar surface area (TPSA) is 104 Å². The van der Waals surface area contributed by atoms with Gasteiger partial charge in [-0.15, -0.1) is 0 Å². The van der Waals surface area contributed by atoms with Gasteiger partial charge in [0.05, 0.1) is 22.6 Å². The van der Waals surface area contributed by atoms with Gasteiger partial charge in [0.1, 0.15) is 4.90 Å². The fourth-order valence-corrected chi connectivity index (χ4v) is 2.65. The van der Waals surface area contributed by atoms with Crippen molar-refractivity contribution in [2.75, 3.05) is 10.0 Å². The summed E-state index contributed by atoms with van der Waals surface area (Å²) in [6.07, 6.45) is 2.45. The van der Waals surface area contributed by atoms with Crippen LogP contribution in [0.25, 0.3) is 0 Å². The molecular weight excluding hydrogens is 304 g/mol. The zero-order chi connectivity index (χ0) is 14.8. The Morgan fingerprint density at radius 3 is 2.70 bits per heavy atom. The molecule has 20 heavy (non-hydrogen) atoms. The van der Waals surface area contributed by atoms with Crippen molar-refractivity contribution in [3.8, 4) is 0 Å². The van der Waals surface area contributed by atoms with E-state index in [1.54, 1.807) is 0 Å². The van der Waals surface area contributed by atoms with E-state index in [1.807, 2.05) is 0 Å². The molecular formula is C11H11ClN4O3S. The molecule has 2 aromatic rings. The second-order valence-electron chi connectivity index (χ2n) is 3.92. The lowest BCUT2D eigenvalue weighted by Gasteiger charge is -2.09. The Labute approximate surface area is 120 Å². The van der Waals surface area contributed by atoms with Crippen molar-refractivity contribution in [3.63, 3.8) is 0 Å². The van der Waals surface area contributed by atoms with Gasteiger partial charge in [-0.2, -0.15) is 5.10 Å². The Morgan fingerprint density at radius 2 is 2.15 bits per heavy atom. The number of nitrogens with one attached hydrogen (secondary N) is 3. The van der Waals surface area contributed by atoms with Crippen LogP contribution in [-0.2, 0) is 14.8 Å². The molecule has 1 heterocycles. The van der Waals surface area contributed by atoms with Crippen molar-refractivity contribution in [1.29, 1.82) is 0 Å². The molecule has 0 aliphatic rings. The molecule has 0 saturated carbocycles. The summed E-state index contributed by atoms with van der Waals surface area (Å²) in [7, 11) is -3.71. The first-order chi connectivity index (χ1) is 9.38. The normalized spacial score (nSPS) is 11.1. The largest absolute Gasteiger partial charge is 0.325 e. The number of rotatable bonds is 4. The third-order valence-electron chi connectivity index (χ3n) is 2.32. The van der Waals surface area contributed by atoms with Crippen LogP contribution in [0.4, 0.5) is 11.4 Å². The minimum Gasteiger partial charge on any atom is -0.325 e. The van der Waals surface area contributed by atoms with E-state index in [9.17, 15) is 13.2 Å². The summed E-state index contributed by atoms with van der Waals surface area (Å²) < 4.78 is 26.3. The van der Waals surface area contributed by atoms with Crippen LogP contribution in [-0.4, -0.2) is 24.5 Å². The molecule has 2 rings (SSSR count). The van der Waals surface area contributed by atoms with Gasteiger partial charge in [-0.05, 0) is 18.2 Å². The van der Waals surface area contributed by atoms with Crippen molar-refractivity contribution in [3.05, 3.63) is 35.6 Å². The fourth-order valence-electron chi connectivity index (χ4n) is 1.47. The van der Waals surface area contributed by atoms with E-state index in [2.05, 4.69) is 20.2 Å². The van der Waals surface area contributed by atoms with E-state index in [0.29, 0.717) is 5.69 Å². The first kappa shape index (κ1) is 14.4. The molecule has 3 N–H and O–H groups in total. The number of anilines is 2. The van der Waals surface area contributed by atoms with E-state index in [4.69, 9.17) is 11.6 Å². The second-order valence-corrected chi connectivity index (χ2v) is 6.00. The maximum Gasteiger partial charge on any atom is 0.265 e. The number of amides is 1. The van der Waals surface area contributed by atoms with Crippen LogP contribution in [0.3, 0.4) is 0 Å². The van der Waals surface area contributed by atoms with Crippen molar-refractivity contribution in [2.45, 2.75) is 11.8 Å². The van der Waals surface area contributed by atoms with Crippen LogP contribution in [0.15, 0.2) is 35.5 Å². The van der Waals surface area contributed by atoms with Gasteiger partial charge in [-0.1, -0.05) is 11.6 Å². The van der Waals surface area contributed by atoms with E-state index >= 15 is 0 Å². The van der Waals surface area contributed by atoms with Gasteiger partial charge in [-0.3, -0.25) is 14.6 Å². The molecule has 0 aliphatic carbocycles. The SMILES string of the molecule is CC(=O)Nc1ccc(NS(=O)(=O)c2cn[nH]c2)cc1Cl. The van der Waals surface area contributed by atoms with Crippen molar-refractivity contribution in [2.24, 2.45) is 0 Å². The lowest BCUT2D eigenvalue weighted by Crippen LogP contribution is -2.12. The minimum absolute atomic E-state index is 0.0135. The summed E-state index contributed by atoms with van der Waals surface area (Å²) in [4.78, 5) is 11.0. The molecule has 0 radical (unpaired) electrons. The number of halogens is 1. The number of carbonyl (C=O) groups excluding carboxylic acids is 1. The molecule has 7 nitrogen and oxygen atoms in total. The number of benzene rings is 1. The maximum atomic E-state index is 12.0. The number of sulfonamides is 1. The number of nitrogens with zero attached hydrogens (tertiary/aromatic N) is 1. The Morgan fingerprint density at radius 1 is 1.40 bits per heavy atom. The third kappa shape index (κ3) is 3.28. The molecule has 0 saturated heterocycles. The van der Waals surface area contributed by atoms with Crippen LogP contribution >= 0.6 is 11.6 Å². The van der Waals surface area contributed by atoms with Gasteiger partial charge in [0.2, 0.25) is 5.91 Å². The summed E-state index contributed by atoms with van der Waals surface area (Å²) >= 11 is 5.96. The number of carbonyl (C=O) groups is 1. The number of H-pyrrole nitrogens is 1. The zero-order valence-electron chi connectivity index (χ0n) is 10.3. The predicted octanol–water partition coefficient (Wildman–Crippen LogP) is 1.82. The highest BCUT2D eigenvalue weighted by atomic mass is 35.5. The molecule has 0 fully saturated rings. The van der Waals surface area contributed by atoms with Gasteiger partial charge < -0.3 is 5.32 Å². The van der Waals surface area contributed by atoms with Gasteiger partial charge in [0.25, 0.3) is 10.0 Å². The molecule has 9 heteroatoms. The van der Waals surface area contributed by atoms with Crippen LogP contribution in [0.1, 0.15) is 6.92 Å². The van der Waals surface area contributed by atoms with Crippen LogP contribution in [0.5, 0.6) is 0 Å². The van der Waals surface area contributed by atoms with Crippen molar-refractivity contribution >= 4 is 38.9 Å². The minimum atomic E-state index is -3.71. The van der Waals surface area contributed by atoms with Gasteiger partial charge >= 0.3 is 0 Å².